The van der Waals surface area contributed by atoms with Crippen LogP contribution in [0.2, 0.25) is 0 Å². The fraction of sp³-hybridized carbons (Fsp3) is 0.556. The number of thiazole rings is 1. The largest absolute Gasteiger partial charge is 0.464 e. The number of aliphatic hydroxyl groups excluding tert-OH is 1. The summed E-state index contributed by atoms with van der Waals surface area (Å²) < 4.78 is 29.9. The number of methoxy groups -OCH3 is 1. The highest BCUT2D eigenvalue weighted by Gasteiger charge is 2.30. The number of aromatic nitrogens is 1. The topological polar surface area (TPSA) is 96.8 Å². The summed E-state index contributed by atoms with van der Waals surface area (Å²) in [5.41, 5.74) is 1.05. The molecule has 0 fully saturated rings. The molecule has 1 N–H and O–H groups in total. The van der Waals surface area contributed by atoms with Gasteiger partial charge in [0.2, 0.25) is 0 Å². The molecule has 18 heavy (non-hydrogen) atoms. The summed E-state index contributed by atoms with van der Waals surface area (Å²) in [6.45, 7) is 1.52. The Bertz CT molecular complexity index is 511. The Kier molecular flexibility index (Phi) is 5.20. The van der Waals surface area contributed by atoms with Crippen molar-refractivity contribution in [2.45, 2.75) is 11.1 Å². The van der Waals surface area contributed by atoms with Crippen molar-refractivity contribution in [1.29, 1.82) is 0 Å². The van der Waals surface area contributed by atoms with Crippen molar-refractivity contribution < 1.29 is 23.1 Å². The molecular weight excluding hydrogens is 280 g/mol. The third kappa shape index (κ3) is 2.86. The molecule has 0 bridgehead atoms. The van der Waals surface area contributed by atoms with Gasteiger partial charge in [-0.15, -0.1) is 11.3 Å². The van der Waals surface area contributed by atoms with Crippen LogP contribution < -0.4 is 0 Å². The van der Waals surface area contributed by atoms with Gasteiger partial charge in [0.1, 0.15) is 0 Å². The molecule has 9 heteroatoms. The van der Waals surface area contributed by atoms with Crippen LogP contribution in [0.1, 0.15) is 17.4 Å². The Labute approximate surface area is 109 Å². The molecule has 0 aliphatic rings. The Morgan fingerprint density at radius 3 is 2.78 bits per heavy atom. The number of esters is 1. The summed E-state index contributed by atoms with van der Waals surface area (Å²) in [7, 11) is -2.67. The third-order valence-corrected chi connectivity index (χ3v) is 5.51. The fourth-order valence-electron chi connectivity index (χ4n) is 1.33. The second kappa shape index (κ2) is 6.23. The average Bonchev–Trinajstić information content (AvgIpc) is 2.84. The molecule has 0 aliphatic carbocycles. The highest BCUT2D eigenvalue weighted by molar-refractivity contribution is 7.91. The number of hydrogen-bond acceptors (Lipinski definition) is 7. The van der Waals surface area contributed by atoms with E-state index in [0.717, 1.165) is 22.8 Å². The number of carbonyl (C=O) groups excluding carboxylic acids is 1. The zero-order chi connectivity index (χ0) is 13.8. The minimum absolute atomic E-state index is 0.0304. The first-order valence-corrected chi connectivity index (χ1v) is 7.43. The maximum Gasteiger partial charge on any atom is 0.358 e. The highest BCUT2D eigenvalue weighted by Crippen LogP contribution is 2.24. The van der Waals surface area contributed by atoms with Crippen molar-refractivity contribution in [2.75, 3.05) is 26.8 Å². The zero-order valence-corrected chi connectivity index (χ0v) is 11.6. The molecule has 0 amide bonds. The summed E-state index contributed by atoms with van der Waals surface area (Å²) in [5, 5.41) is 8.84. The van der Waals surface area contributed by atoms with Crippen molar-refractivity contribution in [3.05, 3.63) is 11.2 Å². The van der Waals surface area contributed by atoms with Crippen molar-refractivity contribution >= 4 is 27.3 Å². The van der Waals surface area contributed by atoms with Crippen LogP contribution in [0.3, 0.4) is 0 Å². The van der Waals surface area contributed by atoms with Crippen LogP contribution in [0.25, 0.3) is 0 Å². The molecule has 0 saturated heterocycles. The highest BCUT2D eigenvalue weighted by atomic mass is 32.2. The van der Waals surface area contributed by atoms with Gasteiger partial charge in [-0.1, -0.05) is 6.92 Å². The van der Waals surface area contributed by atoms with Crippen molar-refractivity contribution in [2.24, 2.45) is 0 Å². The number of aliphatic hydroxyl groups is 1. The molecule has 102 valence electrons. The molecule has 7 nitrogen and oxygen atoms in total. The van der Waals surface area contributed by atoms with Crippen molar-refractivity contribution in [3.8, 4) is 0 Å². The van der Waals surface area contributed by atoms with Gasteiger partial charge in [-0.2, -0.15) is 4.31 Å². The maximum atomic E-state index is 12.2. The second-order valence-corrected chi connectivity index (χ2v) is 6.19. The summed E-state index contributed by atoms with van der Waals surface area (Å²) in [4.78, 5) is 15.1. The van der Waals surface area contributed by atoms with Gasteiger partial charge >= 0.3 is 5.97 Å². The molecule has 0 saturated carbocycles. The van der Waals surface area contributed by atoms with Gasteiger partial charge in [0.25, 0.3) is 10.0 Å². The van der Waals surface area contributed by atoms with Crippen LogP contribution in [-0.2, 0) is 14.8 Å². The Hall–Kier alpha value is -1.03. The monoisotopic (exact) mass is 294 g/mol. The van der Waals surface area contributed by atoms with Gasteiger partial charge < -0.3 is 9.84 Å². The molecular formula is C9H14N2O5S2. The van der Waals surface area contributed by atoms with Crippen LogP contribution in [0.15, 0.2) is 9.72 Å². The van der Waals surface area contributed by atoms with Crippen LogP contribution in [0.4, 0.5) is 0 Å². The third-order valence-electron chi connectivity index (χ3n) is 2.19. The summed E-state index contributed by atoms with van der Waals surface area (Å²) in [5.74, 6) is -0.796. The average molecular weight is 294 g/mol. The number of sulfonamides is 1. The quantitative estimate of drug-likeness (QED) is 0.738. The van der Waals surface area contributed by atoms with Crippen molar-refractivity contribution in [1.82, 2.24) is 9.29 Å². The lowest BCUT2D eigenvalue weighted by molar-refractivity contribution is 0.0590. The molecule has 1 aromatic heterocycles. The number of hydrogen-bond donors (Lipinski definition) is 1. The minimum Gasteiger partial charge on any atom is -0.464 e. The number of nitrogens with zero attached hydrogens (tertiary/aromatic N) is 2. The fourth-order valence-corrected chi connectivity index (χ4v) is 4.04. The minimum atomic E-state index is -3.83. The van der Waals surface area contributed by atoms with E-state index >= 15 is 0 Å². The molecule has 0 radical (unpaired) electrons. The van der Waals surface area contributed by atoms with Gasteiger partial charge in [-0.25, -0.2) is 18.2 Å². The molecule has 0 unspecified atom stereocenters. The molecule has 0 spiro atoms. The first-order valence-electron chi connectivity index (χ1n) is 5.11. The molecule has 1 rings (SSSR count). The van der Waals surface area contributed by atoms with E-state index in [9.17, 15) is 13.2 Å². The van der Waals surface area contributed by atoms with E-state index in [0.29, 0.717) is 0 Å². The SMILES string of the molecule is CCN(CCO)S(=O)(=O)c1scnc1C(=O)OC. The van der Waals surface area contributed by atoms with Gasteiger partial charge in [0.15, 0.2) is 9.90 Å². The Balaban J connectivity index is 3.20. The first-order chi connectivity index (χ1) is 8.48. The van der Waals surface area contributed by atoms with E-state index in [4.69, 9.17) is 5.11 Å². The normalized spacial score (nSPS) is 11.8. The summed E-state index contributed by atoms with van der Waals surface area (Å²) >= 11 is 0.847. The van der Waals surface area contributed by atoms with Gasteiger partial charge in [-0.3, -0.25) is 0 Å². The number of ether oxygens (including phenoxy) is 1. The van der Waals surface area contributed by atoms with E-state index < -0.39 is 16.0 Å². The molecule has 1 aromatic rings. The van der Waals surface area contributed by atoms with Crippen LogP contribution in [-0.4, -0.2) is 55.6 Å². The number of likely N-dealkylation sites (N-methyl/N-ethyl adjacent to an activating group) is 1. The molecule has 0 aliphatic heterocycles. The number of rotatable bonds is 6. The smallest absolute Gasteiger partial charge is 0.358 e. The van der Waals surface area contributed by atoms with Crippen molar-refractivity contribution in [3.63, 3.8) is 0 Å². The van der Waals surface area contributed by atoms with E-state index in [-0.39, 0.29) is 29.6 Å². The Morgan fingerprint density at radius 1 is 1.61 bits per heavy atom. The van der Waals surface area contributed by atoms with E-state index in [2.05, 4.69) is 9.72 Å². The predicted molar refractivity (Wildman–Crippen MR) is 65.0 cm³/mol. The standard InChI is InChI=1S/C9H14N2O5S2/c1-3-11(4-5-12)18(14,15)9-7(8(13)16-2)10-6-17-9/h6,12H,3-5H2,1-2H3. The van der Waals surface area contributed by atoms with Crippen LogP contribution in [0.5, 0.6) is 0 Å². The van der Waals surface area contributed by atoms with Crippen LogP contribution in [0, 0.1) is 0 Å². The van der Waals surface area contributed by atoms with E-state index in [1.165, 1.54) is 5.51 Å². The summed E-state index contributed by atoms with van der Waals surface area (Å²) in [6.07, 6.45) is 0. The van der Waals surface area contributed by atoms with Gasteiger partial charge in [-0.05, 0) is 0 Å². The maximum absolute atomic E-state index is 12.2. The lowest BCUT2D eigenvalue weighted by atomic mass is 10.5. The zero-order valence-electron chi connectivity index (χ0n) is 9.99. The summed E-state index contributed by atoms with van der Waals surface area (Å²) in [6, 6.07) is 0. The van der Waals surface area contributed by atoms with Gasteiger partial charge in [0.05, 0.1) is 19.2 Å². The second-order valence-electron chi connectivity index (χ2n) is 3.20. The van der Waals surface area contributed by atoms with E-state index in [1.54, 1.807) is 6.92 Å². The lowest BCUT2D eigenvalue weighted by Crippen LogP contribution is -2.33. The predicted octanol–water partition coefficient (Wildman–Crippen LogP) is -0.0674. The molecule has 1 heterocycles. The lowest BCUT2D eigenvalue weighted by Gasteiger charge is -2.18. The molecule has 0 atom stereocenters. The first kappa shape index (κ1) is 15.0. The van der Waals surface area contributed by atoms with Gasteiger partial charge in [0, 0.05) is 13.1 Å². The van der Waals surface area contributed by atoms with E-state index in [1.807, 2.05) is 0 Å². The Morgan fingerprint density at radius 2 is 2.28 bits per heavy atom. The molecule has 0 aromatic carbocycles. The number of carbonyl (C=O) groups is 1. The van der Waals surface area contributed by atoms with Crippen LogP contribution >= 0.6 is 11.3 Å².